The summed E-state index contributed by atoms with van der Waals surface area (Å²) in [5.41, 5.74) is 3.94. The number of hydrogen-bond donors (Lipinski definition) is 0. The van der Waals surface area contributed by atoms with Gasteiger partial charge in [0.2, 0.25) is 0 Å². The average molecular weight is 487 g/mol. The molecule has 0 heterocycles. The smallest absolute Gasteiger partial charge is 0.297 e. The molecule has 0 radical (unpaired) electrons. The van der Waals surface area contributed by atoms with E-state index >= 15 is 0 Å². The minimum absolute atomic E-state index is 0.0835. The van der Waals surface area contributed by atoms with Crippen LogP contribution in [0, 0.1) is 6.92 Å². The Labute approximate surface area is 208 Å². The van der Waals surface area contributed by atoms with E-state index in [1.165, 1.54) is 16.7 Å². The normalized spacial score (nSPS) is 11.8. The second kappa shape index (κ2) is 10.9. The highest BCUT2D eigenvalue weighted by molar-refractivity contribution is 7.86. The van der Waals surface area contributed by atoms with Gasteiger partial charge in [-0.3, -0.25) is 4.18 Å². The number of benzene rings is 4. The Balaban J connectivity index is 1.72. The molecule has 0 atom stereocenters. The molecular formula is C30H30O4S. The van der Waals surface area contributed by atoms with Gasteiger partial charge in [0.25, 0.3) is 10.1 Å². The predicted octanol–water partition coefficient (Wildman–Crippen LogP) is 6.52. The highest BCUT2D eigenvalue weighted by Crippen LogP contribution is 2.42. The zero-order chi connectivity index (χ0) is 24.7. The first-order chi connectivity index (χ1) is 17.0. The summed E-state index contributed by atoms with van der Waals surface area (Å²) in [7, 11) is -3.81. The van der Waals surface area contributed by atoms with Gasteiger partial charge in [0.05, 0.1) is 18.1 Å². The van der Waals surface area contributed by atoms with Gasteiger partial charge in [0.15, 0.2) is 0 Å². The summed E-state index contributed by atoms with van der Waals surface area (Å²) in [5.74, 6) is 0.536. The van der Waals surface area contributed by atoms with Crippen LogP contribution in [0.3, 0.4) is 0 Å². The SMILES string of the molecule is CCOS(=O)(=O)c1ccc(C)c(OCCC(c2ccccc2)(c2ccccc2)c2ccccc2)c1. The molecule has 4 nitrogen and oxygen atoms in total. The summed E-state index contributed by atoms with van der Waals surface area (Å²) in [5, 5.41) is 0. The Morgan fingerprint density at radius 3 is 1.66 bits per heavy atom. The molecule has 0 spiro atoms. The largest absolute Gasteiger partial charge is 0.493 e. The number of rotatable bonds is 10. The Morgan fingerprint density at radius 1 is 0.714 bits per heavy atom. The Bertz CT molecular complexity index is 1240. The van der Waals surface area contributed by atoms with Gasteiger partial charge in [-0.15, -0.1) is 0 Å². The Kier molecular flexibility index (Phi) is 7.69. The average Bonchev–Trinajstić information content (AvgIpc) is 2.89. The fourth-order valence-corrected chi connectivity index (χ4v) is 5.46. The van der Waals surface area contributed by atoms with Gasteiger partial charge in [-0.2, -0.15) is 8.42 Å². The molecule has 35 heavy (non-hydrogen) atoms. The van der Waals surface area contributed by atoms with Crippen molar-refractivity contribution in [2.45, 2.75) is 30.6 Å². The van der Waals surface area contributed by atoms with Gasteiger partial charge in [-0.05, 0) is 48.6 Å². The molecule has 0 aliphatic carbocycles. The molecule has 0 fully saturated rings. The molecule has 4 rings (SSSR count). The van der Waals surface area contributed by atoms with Crippen molar-refractivity contribution in [3.63, 3.8) is 0 Å². The van der Waals surface area contributed by atoms with Crippen LogP contribution in [0.5, 0.6) is 5.75 Å². The van der Waals surface area contributed by atoms with Crippen LogP contribution < -0.4 is 4.74 Å². The minimum atomic E-state index is -3.81. The van der Waals surface area contributed by atoms with Gasteiger partial charge in [-0.1, -0.05) is 97.1 Å². The van der Waals surface area contributed by atoms with Gasteiger partial charge < -0.3 is 4.74 Å². The molecule has 0 amide bonds. The molecule has 0 saturated heterocycles. The van der Waals surface area contributed by atoms with Crippen molar-refractivity contribution in [1.29, 1.82) is 0 Å². The minimum Gasteiger partial charge on any atom is -0.493 e. The molecule has 0 N–H and O–H groups in total. The Morgan fingerprint density at radius 2 is 1.20 bits per heavy atom. The fraction of sp³-hybridized carbons (Fsp3) is 0.200. The van der Waals surface area contributed by atoms with Gasteiger partial charge in [-0.25, -0.2) is 0 Å². The summed E-state index contributed by atoms with van der Waals surface area (Å²) < 4.78 is 36.0. The maximum Gasteiger partial charge on any atom is 0.297 e. The maximum atomic E-state index is 12.4. The third-order valence-electron chi connectivity index (χ3n) is 6.26. The predicted molar refractivity (Wildman–Crippen MR) is 139 cm³/mol. The highest BCUT2D eigenvalue weighted by Gasteiger charge is 2.36. The van der Waals surface area contributed by atoms with Crippen LogP contribution in [0.25, 0.3) is 0 Å². The van der Waals surface area contributed by atoms with Crippen LogP contribution in [0.1, 0.15) is 35.6 Å². The van der Waals surface area contributed by atoms with Crippen molar-refractivity contribution in [2.24, 2.45) is 0 Å². The summed E-state index contributed by atoms with van der Waals surface area (Å²) in [6, 6.07) is 36.2. The van der Waals surface area contributed by atoms with Crippen LogP contribution in [-0.4, -0.2) is 21.6 Å². The first-order valence-corrected chi connectivity index (χ1v) is 13.2. The molecule has 4 aromatic carbocycles. The van der Waals surface area contributed by atoms with E-state index in [4.69, 9.17) is 8.92 Å². The summed E-state index contributed by atoms with van der Waals surface area (Å²) >= 11 is 0. The number of aryl methyl sites for hydroxylation is 1. The van der Waals surface area contributed by atoms with E-state index < -0.39 is 15.5 Å². The third kappa shape index (κ3) is 5.31. The molecule has 0 saturated carbocycles. The standard InChI is InChI=1S/C30H30O4S/c1-3-34-35(31,32)28-20-19-24(2)29(23-28)33-22-21-30(25-13-7-4-8-14-25,26-15-9-5-10-16-26)27-17-11-6-12-18-27/h4-20,23H,3,21-22H2,1-2H3. The van der Waals surface area contributed by atoms with E-state index in [-0.39, 0.29) is 11.5 Å². The van der Waals surface area contributed by atoms with E-state index in [9.17, 15) is 8.42 Å². The summed E-state index contributed by atoms with van der Waals surface area (Å²) in [6.45, 7) is 4.03. The van der Waals surface area contributed by atoms with E-state index in [1.807, 2.05) is 25.1 Å². The van der Waals surface area contributed by atoms with Crippen molar-refractivity contribution in [3.8, 4) is 5.75 Å². The van der Waals surface area contributed by atoms with Crippen LogP contribution >= 0.6 is 0 Å². The number of ether oxygens (including phenoxy) is 1. The molecule has 0 aliphatic rings. The molecule has 0 aromatic heterocycles. The van der Waals surface area contributed by atoms with Crippen LogP contribution in [0.4, 0.5) is 0 Å². The third-order valence-corrected chi connectivity index (χ3v) is 7.63. The first kappa shape index (κ1) is 24.7. The topological polar surface area (TPSA) is 52.6 Å². The van der Waals surface area contributed by atoms with Crippen LogP contribution in [0.2, 0.25) is 0 Å². The second-order valence-corrected chi connectivity index (χ2v) is 10.0. The van der Waals surface area contributed by atoms with Gasteiger partial charge in [0, 0.05) is 11.5 Å². The lowest BCUT2D eigenvalue weighted by molar-refractivity contribution is 0.283. The lowest BCUT2D eigenvalue weighted by Crippen LogP contribution is -2.31. The van der Waals surface area contributed by atoms with Gasteiger partial charge >= 0.3 is 0 Å². The molecule has 180 valence electrons. The van der Waals surface area contributed by atoms with E-state index in [0.717, 1.165) is 5.56 Å². The zero-order valence-corrected chi connectivity index (χ0v) is 20.9. The first-order valence-electron chi connectivity index (χ1n) is 11.8. The van der Waals surface area contributed by atoms with E-state index in [1.54, 1.807) is 25.1 Å². The van der Waals surface area contributed by atoms with Crippen molar-refractivity contribution >= 4 is 10.1 Å². The fourth-order valence-electron chi connectivity index (χ4n) is 4.53. The summed E-state index contributed by atoms with van der Waals surface area (Å²) in [4.78, 5) is 0.0976. The van der Waals surface area contributed by atoms with Crippen LogP contribution in [0.15, 0.2) is 114 Å². The molecule has 0 unspecified atom stereocenters. The molecule has 0 bridgehead atoms. The van der Waals surface area contributed by atoms with Crippen molar-refractivity contribution in [3.05, 3.63) is 131 Å². The zero-order valence-electron chi connectivity index (χ0n) is 20.1. The lowest BCUT2D eigenvalue weighted by atomic mass is 9.67. The Hall–Kier alpha value is -3.41. The second-order valence-electron chi connectivity index (χ2n) is 8.39. The van der Waals surface area contributed by atoms with E-state index in [2.05, 4.69) is 72.8 Å². The monoisotopic (exact) mass is 486 g/mol. The maximum absolute atomic E-state index is 12.4. The summed E-state index contributed by atoms with van der Waals surface area (Å²) in [6.07, 6.45) is 0.660. The van der Waals surface area contributed by atoms with Gasteiger partial charge in [0.1, 0.15) is 5.75 Å². The van der Waals surface area contributed by atoms with Crippen molar-refractivity contribution in [1.82, 2.24) is 0 Å². The number of hydrogen-bond acceptors (Lipinski definition) is 4. The van der Waals surface area contributed by atoms with Crippen LogP contribution in [-0.2, 0) is 19.7 Å². The molecule has 0 aliphatic heterocycles. The molecular weight excluding hydrogens is 456 g/mol. The quantitative estimate of drug-likeness (QED) is 0.189. The lowest BCUT2D eigenvalue weighted by Gasteiger charge is -2.36. The van der Waals surface area contributed by atoms with E-state index in [0.29, 0.717) is 18.8 Å². The van der Waals surface area contributed by atoms with Crippen molar-refractivity contribution < 1.29 is 17.3 Å². The molecule has 5 heteroatoms. The highest BCUT2D eigenvalue weighted by atomic mass is 32.2. The molecule has 4 aromatic rings. The van der Waals surface area contributed by atoms with Crippen molar-refractivity contribution in [2.75, 3.05) is 13.2 Å².